The van der Waals surface area contributed by atoms with Crippen molar-refractivity contribution in [3.63, 3.8) is 0 Å². The van der Waals surface area contributed by atoms with Gasteiger partial charge in [-0.2, -0.15) is 0 Å². The van der Waals surface area contributed by atoms with Gasteiger partial charge in [-0.15, -0.1) is 0 Å². The van der Waals surface area contributed by atoms with Crippen LogP contribution < -0.4 is 0 Å². The summed E-state index contributed by atoms with van der Waals surface area (Å²) in [6.07, 6.45) is 13.2. The molecule has 0 spiro atoms. The maximum Gasteiger partial charge on any atom is 0.110 e. The molecule has 1 aliphatic rings. The van der Waals surface area contributed by atoms with E-state index in [1.165, 1.54) is 44.9 Å². The number of aromatic nitrogens is 2. The molecule has 1 unspecified atom stereocenters. The van der Waals surface area contributed by atoms with Gasteiger partial charge in [0.25, 0.3) is 0 Å². The average Bonchev–Trinajstić information content (AvgIpc) is 2.63. The molecule has 1 atom stereocenters. The zero-order chi connectivity index (χ0) is 12.1. The minimum Gasteiger partial charge on any atom is -0.392 e. The molecule has 1 aromatic heterocycles. The highest BCUT2D eigenvalue weighted by molar-refractivity contribution is 4.94. The molecular weight excluding hydrogens is 212 g/mol. The number of rotatable bonds is 3. The van der Waals surface area contributed by atoms with Gasteiger partial charge in [-0.25, -0.2) is 4.98 Å². The quantitative estimate of drug-likeness (QED) is 0.876. The third kappa shape index (κ3) is 3.56. The second-order valence-corrected chi connectivity index (χ2v) is 5.33. The van der Waals surface area contributed by atoms with Gasteiger partial charge < -0.3 is 9.67 Å². The summed E-state index contributed by atoms with van der Waals surface area (Å²) in [5, 5.41) is 10.3. The van der Waals surface area contributed by atoms with E-state index in [4.69, 9.17) is 0 Å². The first-order valence-corrected chi connectivity index (χ1v) is 6.91. The number of aliphatic hydroxyl groups excluding tert-OH is 1. The molecule has 1 heterocycles. The van der Waals surface area contributed by atoms with Crippen molar-refractivity contribution in [1.82, 2.24) is 9.55 Å². The first-order chi connectivity index (χ1) is 8.27. The maximum absolute atomic E-state index is 10.3. The van der Waals surface area contributed by atoms with E-state index in [0.29, 0.717) is 12.3 Å². The molecule has 1 N–H and O–H groups in total. The Morgan fingerprint density at radius 1 is 1.29 bits per heavy atom. The molecule has 96 valence electrons. The normalized spacial score (nSPS) is 20.8. The van der Waals surface area contributed by atoms with Gasteiger partial charge in [0.15, 0.2) is 0 Å². The number of imidazole rings is 1. The molecule has 0 saturated heterocycles. The smallest absolute Gasteiger partial charge is 0.110 e. The van der Waals surface area contributed by atoms with E-state index < -0.39 is 0 Å². The van der Waals surface area contributed by atoms with Gasteiger partial charge in [-0.1, -0.05) is 32.1 Å². The van der Waals surface area contributed by atoms with Crippen LogP contribution in [0, 0.1) is 5.92 Å². The zero-order valence-electron chi connectivity index (χ0n) is 10.8. The number of hydrogen-bond donors (Lipinski definition) is 1. The highest BCUT2D eigenvalue weighted by Crippen LogP contribution is 2.26. The lowest BCUT2D eigenvalue weighted by molar-refractivity contribution is 0.0889. The minimum atomic E-state index is -0.214. The van der Waals surface area contributed by atoms with Crippen LogP contribution in [0.2, 0.25) is 0 Å². The van der Waals surface area contributed by atoms with Crippen molar-refractivity contribution in [2.45, 2.75) is 57.5 Å². The Labute approximate surface area is 104 Å². The molecule has 1 aromatic rings. The molecule has 1 fully saturated rings. The Hall–Kier alpha value is -0.830. The Morgan fingerprint density at radius 3 is 2.53 bits per heavy atom. The summed E-state index contributed by atoms with van der Waals surface area (Å²) in [5.74, 6) is 1.48. The molecule has 1 saturated carbocycles. The fourth-order valence-corrected chi connectivity index (χ4v) is 2.82. The van der Waals surface area contributed by atoms with Gasteiger partial charge in [-0.05, 0) is 18.8 Å². The molecule has 3 nitrogen and oxygen atoms in total. The molecule has 1 aliphatic carbocycles. The van der Waals surface area contributed by atoms with E-state index in [0.717, 1.165) is 5.82 Å². The van der Waals surface area contributed by atoms with Gasteiger partial charge in [-0.3, -0.25) is 0 Å². The van der Waals surface area contributed by atoms with Crippen molar-refractivity contribution < 1.29 is 5.11 Å². The highest BCUT2D eigenvalue weighted by atomic mass is 16.3. The van der Waals surface area contributed by atoms with Crippen LogP contribution in [0.25, 0.3) is 0 Å². The molecule has 0 bridgehead atoms. The van der Waals surface area contributed by atoms with Crippen LogP contribution in [0.5, 0.6) is 0 Å². The first-order valence-electron chi connectivity index (χ1n) is 6.91. The topological polar surface area (TPSA) is 38.0 Å². The predicted octanol–water partition coefficient (Wildman–Crippen LogP) is 2.68. The van der Waals surface area contributed by atoms with Crippen molar-refractivity contribution in [3.05, 3.63) is 18.2 Å². The van der Waals surface area contributed by atoms with Crippen LogP contribution in [0.4, 0.5) is 0 Å². The lowest BCUT2D eigenvalue weighted by Crippen LogP contribution is -2.25. The van der Waals surface area contributed by atoms with Crippen LogP contribution in [0.3, 0.4) is 0 Å². The average molecular weight is 236 g/mol. The van der Waals surface area contributed by atoms with Crippen LogP contribution >= 0.6 is 0 Å². The van der Waals surface area contributed by atoms with Gasteiger partial charge >= 0.3 is 0 Å². The summed E-state index contributed by atoms with van der Waals surface area (Å²) < 4.78 is 2.01. The molecule has 2 rings (SSSR count). The standard InChI is InChI=1S/C14H24N2O/c1-16-10-9-15-14(16)11-13(17)12-7-5-3-2-4-6-8-12/h9-10,12-13,17H,2-8,11H2,1H3. The van der Waals surface area contributed by atoms with Crippen LogP contribution in [0.15, 0.2) is 12.4 Å². The predicted molar refractivity (Wildman–Crippen MR) is 68.7 cm³/mol. The molecule has 0 radical (unpaired) electrons. The second kappa shape index (κ2) is 6.20. The van der Waals surface area contributed by atoms with E-state index in [-0.39, 0.29) is 6.10 Å². The molecule has 0 aromatic carbocycles. The highest BCUT2D eigenvalue weighted by Gasteiger charge is 2.21. The van der Waals surface area contributed by atoms with Crippen molar-refractivity contribution in [3.8, 4) is 0 Å². The summed E-state index contributed by atoms with van der Waals surface area (Å²) >= 11 is 0. The largest absolute Gasteiger partial charge is 0.392 e. The third-order valence-corrected chi connectivity index (χ3v) is 4.01. The van der Waals surface area contributed by atoms with Gasteiger partial charge in [0.1, 0.15) is 5.82 Å². The fourth-order valence-electron chi connectivity index (χ4n) is 2.82. The lowest BCUT2D eigenvalue weighted by atomic mass is 9.86. The zero-order valence-corrected chi connectivity index (χ0v) is 10.8. The Balaban J connectivity index is 1.89. The van der Waals surface area contributed by atoms with Crippen LogP contribution in [-0.4, -0.2) is 20.8 Å². The lowest BCUT2D eigenvalue weighted by Gasteiger charge is -2.24. The molecular formula is C14H24N2O. The Morgan fingerprint density at radius 2 is 1.94 bits per heavy atom. The number of nitrogens with zero attached hydrogens (tertiary/aromatic N) is 2. The van der Waals surface area contributed by atoms with Crippen LogP contribution in [0.1, 0.15) is 50.8 Å². The van der Waals surface area contributed by atoms with Crippen LogP contribution in [-0.2, 0) is 13.5 Å². The Kier molecular flexibility index (Phi) is 4.60. The van der Waals surface area contributed by atoms with Gasteiger partial charge in [0, 0.05) is 25.9 Å². The summed E-state index contributed by atoms with van der Waals surface area (Å²) in [6.45, 7) is 0. The monoisotopic (exact) mass is 236 g/mol. The number of aryl methyl sites for hydroxylation is 1. The SMILES string of the molecule is Cn1ccnc1CC(O)C1CCCCCCC1. The summed E-state index contributed by atoms with van der Waals surface area (Å²) in [4.78, 5) is 4.30. The van der Waals surface area contributed by atoms with E-state index in [1.54, 1.807) is 6.20 Å². The van der Waals surface area contributed by atoms with Crippen molar-refractivity contribution in [1.29, 1.82) is 0 Å². The molecule has 0 amide bonds. The summed E-state index contributed by atoms with van der Waals surface area (Å²) in [7, 11) is 1.99. The maximum atomic E-state index is 10.3. The molecule has 17 heavy (non-hydrogen) atoms. The summed E-state index contributed by atoms with van der Waals surface area (Å²) in [6, 6.07) is 0. The van der Waals surface area contributed by atoms with Crippen molar-refractivity contribution in [2.24, 2.45) is 13.0 Å². The van der Waals surface area contributed by atoms with Crippen molar-refractivity contribution in [2.75, 3.05) is 0 Å². The van der Waals surface area contributed by atoms with E-state index in [9.17, 15) is 5.11 Å². The molecule has 0 aliphatic heterocycles. The van der Waals surface area contributed by atoms with E-state index in [2.05, 4.69) is 4.98 Å². The third-order valence-electron chi connectivity index (χ3n) is 4.01. The van der Waals surface area contributed by atoms with Gasteiger partial charge in [0.05, 0.1) is 6.10 Å². The first kappa shape index (κ1) is 12.6. The second-order valence-electron chi connectivity index (χ2n) is 5.33. The summed E-state index contributed by atoms with van der Waals surface area (Å²) in [5.41, 5.74) is 0. The Bertz CT molecular complexity index is 327. The number of aliphatic hydroxyl groups is 1. The minimum absolute atomic E-state index is 0.214. The van der Waals surface area contributed by atoms with Crippen molar-refractivity contribution >= 4 is 0 Å². The van der Waals surface area contributed by atoms with E-state index >= 15 is 0 Å². The number of hydrogen-bond acceptors (Lipinski definition) is 2. The fraction of sp³-hybridized carbons (Fsp3) is 0.786. The molecule has 3 heteroatoms. The van der Waals surface area contributed by atoms with Gasteiger partial charge in [0.2, 0.25) is 0 Å². The van der Waals surface area contributed by atoms with E-state index in [1.807, 2.05) is 17.8 Å².